The van der Waals surface area contributed by atoms with E-state index in [1.807, 2.05) is 32.0 Å². The maximum Gasteiger partial charge on any atom is 0.242 e. The summed E-state index contributed by atoms with van der Waals surface area (Å²) in [6.45, 7) is 6.03. The zero-order valence-electron chi connectivity index (χ0n) is 18.4. The third-order valence-electron chi connectivity index (χ3n) is 6.19. The van der Waals surface area contributed by atoms with Crippen molar-refractivity contribution >= 4 is 35.0 Å². The van der Waals surface area contributed by atoms with Gasteiger partial charge in [0, 0.05) is 28.2 Å². The van der Waals surface area contributed by atoms with Crippen molar-refractivity contribution in [3.8, 4) is 0 Å². The van der Waals surface area contributed by atoms with E-state index in [1.165, 1.54) is 5.56 Å². The highest BCUT2D eigenvalue weighted by molar-refractivity contribution is 6.36. The Labute approximate surface area is 194 Å². The lowest BCUT2D eigenvalue weighted by Gasteiger charge is -2.30. The molecule has 0 saturated heterocycles. The number of hydrogen-bond donors (Lipinski definition) is 1. The van der Waals surface area contributed by atoms with Crippen molar-refractivity contribution < 1.29 is 9.59 Å². The standard InChI is InChI=1S/C25H30Cl2N2O2/c1-16-11-12-19(13-17(16)2)14-24(30)29(15-21-22(26)9-6-10-23(21)27)18(3)25(31)28-20-7-4-5-8-20/h6,9-13,18,20H,4-5,7-8,14-15H2,1-3H3,(H,28,31)/t18-/m0/s1. The summed E-state index contributed by atoms with van der Waals surface area (Å²) in [5.74, 6) is -0.267. The monoisotopic (exact) mass is 460 g/mol. The Bertz CT molecular complexity index is 934. The van der Waals surface area contributed by atoms with Crippen LogP contribution in [0.4, 0.5) is 0 Å². The van der Waals surface area contributed by atoms with Gasteiger partial charge in [0.25, 0.3) is 0 Å². The largest absolute Gasteiger partial charge is 0.352 e. The van der Waals surface area contributed by atoms with Gasteiger partial charge in [-0.1, -0.05) is 60.3 Å². The first-order valence-electron chi connectivity index (χ1n) is 10.8. The molecule has 2 amide bonds. The normalized spacial score (nSPS) is 15.0. The van der Waals surface area contributed by atoms with Crippen molar-refractivity contribution in [1.82, 2.24) is 10.2 Å². The number of rotatable bonds is 7. The number of aryl methyl sites for hydroxylation is 2. The minimum atomic E-state index is -0.632. The Balaban J connectivity index is 1.83. The molecular formula is C25H30Cl2N2O2. The molecule has 1 saturated carbocycles. The highest BCUT2D eigenvalue weighted by atomic mass is 35.5. The maximum atomic E-state index is 13.4. The number of carbonyl (C=O) groups excluding carboxylic acids is 2. The molecule has 1 atom stereocenters. The summed E-state index contributed by atoms with van der Waals surface area (Å²) < 4.78 is 0. The average Bonchev–Trinajstić information content (AvgIpc) is 3.23. The molecule has 0 spiro atoms. The van der Waals surface area contributed by atoms with Gasteiger partial charge in [-0.3, -0.25) is 9.59 Å². The van der Waals surface area contributed by atoms with E-state index in [4.69, 9.17) is 23.2 Å². The molecule has 31 heavy (non-hydrogen) atoms. The minimum absolute atomic E-state index is 0.131. The summed E-state index contributed by atoms with van der Waals surface area (Å²) in [5, 5.41) is 4.08. The van der Waals surface area contributed by atoms with Crippen LogP contribution in [0.3, 0.4) is 0 Å². The molecule has 6 heteroatoms. The number of benzene rings is 2. The molecule has 0 unspecified atom stereocenters. The summed E-state index contributed by atoms with van der Waals surface area (Å²) in [4.78, 5) is 28.0. The molecule has 166 valence electrons. The highest BCUT2D eigenvalue weighted by Crippen LogP contribution is 2.27. The number of hydrogen-bond acceptors (Lipinski definition) is 2. The third-order valence-corrected chi connectivity index (χ3v) is 6.89. The van der Waals surface area contributed by atoms with Crippen LogP contribution in [-0.4, -0.2) is 28.8 Å². The predicted molar refractivity (Wildman–Crippen MR) is 126 cm³/mol. The van der Waals surface area contributed by atoms with Gasteiger partial charge in [-0.2, -0.15) is 0 Å². The molecule has 1 fully saturated rings. The summed E-state index contributed by atoms with van der Waals surface area (Å²) in [5.41, 5.74) is 3.89. The SMILES string of the molecule is Cc1ccc(CC(=O)N(Cc2c(Cl)cccc2Cl)[C@@H](C)C(=O)NC2CCCC2)cc1C. The summed E-state index contributed by atoms with van der Waals surface area (Å²) in [6, 6.07) is 10.8. The van der Waals surface area contributed by atoms with E-state index in [2.05, 4.69) is 5.32 Å². The van der Waals surface area contributed by atoms with Crippen LogP contribution in [0.15, 0.2) is 36.4 Å². The molecule has 0 heterocycles. The van der Waals surface area contributed by atoms with Crippen LogP contribution in [0.1, 0.15) is 54.9 Å². The molecule has 1 aliphatic carbocycles. The van der Waals surface area contributed by atoms with Crippen LogP contribution in [0.25, 0.3) is 0 Å². The smallest absolute Gasteiger partial charge is 0.242 e. The first-order chi connectivity index (χ1) is 14.8. The van der Waals surface area contributed by atoms with Crippen molar-refractivity contribution in [3.05, 3.63) is 68.7 Å². The Hall–Kier alpha value is -2.04. The van der Waals surface area contributed by atoms with Gasteiger partial charge in [-0.15, -0.1) is 0 Å². The highest BCUT2D eigenvalue weighted by Gasteiger charge is 2.29. The van der Waals surface area contributed by atoms with Crippen molar-refractivity contribution in [2.24, 2.45) is 0 Å². The maximum absolute atomic E-state index is 13.4. The Kier molecular flexibility index (Phi) is 8.01. The zero-order valence-corrected chi connectivity index (χ0v) is 19.9. The van der Waals surface area contributed by atoms with Gasteiger partial charge in [0.2, 0.25) is 11.8 Å². The summed E-state index contributed by atoms with van der Waals surface area (Å²) in [7, 11) is 0. The van der Waals surface area contributed by atoms with Crippen LogP contribution in [0.2, 0.25) is 10.0 Å². The van der Waals surface area contributed by atoms with Gasteiger partial charge in [-0.05, 0) is 62.4 Å². The predicted octanol–water partition coefficient (Wildman–Crippen LogP) is 5.63. The fraction of sp³-hybridized carbons (Fsp3) is 0.440. The molecule has 1 aliphatic rings. The lowest BCUT2D eigenvalue weighted by Crippen LogP contribution is -2.50. The molecule has 3 rings (SSSR count). The van der Waals surface area contributed by atoms with Crippen molar-refractivity contribution in [3.63, 3.8) is 0 Å². The zero-order chi connectivity index (χ0) is 22.5. The lowest BCUT2D eigenvalue weighted by atomic mass is 10.0. The van der Waals surface area contributed by atoms with Gasteiger partial charge >= 0.3 is 0 Å². The summed E-state index contributed by atoms with van der Waals surface area (Å²) in [6.07, 6.45) is 4.45. The quantitative estimate of drug-likeness (QED) is 0.581. The molecule has 0 radical (unpaired) electrons. The van der Waals surface area contributed by atoms with Crippen molar-refractivity contribution in [1.29, 1.82) is 0 Å². The van der Waals surface area contributed by atoms with E-state index in [1.54, 1.807) is 30.0 Å². The molecular weight excluding hydrogens is 431 g/mol. The number of amides is 2. The third kappa shape index (κ3) is 6.02. The molecule has 4 nitrogen and oxygen atoms in total. The number of nitrogens with one attached hydrogen (secondary N) is 1. The minimum Gasteiger partial charge on any atom is -0.352 e. The van der Waals surface area contributed by atoms with Crippen molar-refractivity contribution in [2.45, 2.75) is 71.5 Å². The number of carbonyl (C=O) groups is 2. The molecule has 2 aromatic carbocycles. The second-order valence-corrected chi connectivity index (χ2v) is 9.30. The van der Waals surface area contributed by atoms with Gasteiger partial charge in [-0.25, -0.2) is 0 Å². The van der Waals surface area contributed by atoms with E-state index >= 15 is 0 Å². The van der Waals surface area contributed by atoms with E-state index in [9.17, 15) is 9.59 Å². The second-order valence-electron chi connectivity index (χ2n) is 8.48. The first-order valence-corrected chi connectivity index (χ1v) is 11.6. The van der Waals surface area contributed by atoms with Gasteiger partial charge in [0.1, 0.15) is 6.04 Å². The number of nitrogens with zero attached hydrogens (tertiary/aromatic N) is 1. The van der Waals surface area contributed by atoms with E-state index in [0.717, 1.165) is 36.8 Å². The average molecular weight is 461 g/mol. The van der Waals surface area contributed by atoms with E-state index in [0.29, 0.717) is 15.6 Å². The van der Waals surface area contributed by atoms with Crippen LogP contribution >= 0.6 is 23.2 Å². The fourth-order valence-corrected chi connectivity index (χ4v) is 4.53. The van der Waals surface area contributed by atoms with Gasteiger partial charge < -0.3 is 10.2 Å². The topological polar surface area (TPSA) is 49.4 Å². The molecule has 0 aliphatic heterocycles. The van der Waals surface area contributed by atoms with Crippen LogP contribution < -0.4 is 5.32 Å². The molecule has 0 aromatic heterocycles. The second kappa shape index (κ2) is 10.5. The first kappa shape index (κ1) is 23.6. The molecule has 0 bridgehead atoms. The van der Waals surface area contributed by atoms with Gasteiger partial charge in [0.15, 0.2) is 0 Å². The van der Waals surface area contributed by atoms with E-state index < -0.39 is 6.04 Å². The summed E-state index contributed by atoms with van der Waals surface area (Å²) >= 11 is 12.8. The van der Waals surface area contributed by atoms with Crippen LogP contribution in [0.5, 0.6) is 0 Å². The molecule has 1 N–H and O–H groups in total. The molecule has 2 aromatic rings. The van der Waals surface area contributed by atoms with Crippen molar-refractivity contribution in [2.75, 3.05) is 0 Å². The van der Waals surface area contributed by atoms with Crippen LogP contribution in [0, 0.1) is 13.8 Å². The Morgan fingerprint density at radius 1 is 1.06 bits per heavy atom. The van der Waals surface area contributed by atoms with Crippen LogP contribution in [-0.2, 0) is 22.6 Å². The lowest BCUT2D eigenvalue weighted by molar-refractivity contribution is -0.140. The Morgan fingerprint density at radius 3 is 2.32 bits per heavy atom. The van der Waals surface area contributed by atoms with Gasteiger partial charge in [0.05, 0.1) is 6.42 Å². The van der Waals surface area contributed by atoms with E-state index in [-0.39, 0.29) is 30.8 Å². The fourth-order valence-electron chi connectivity index (χ4n) is 4.02. The number of halogens is 2. The Morgan fingerprint density at radius 2 is 1.71 bits per heavy atom.